The molecule has 0 aromatic rings. The van der Waals surface area contributed by atoms with Crippen LogP contribution in [-0.2, 0) is 4.74 Å². The Hall–Kier alpha value is -0.0800. The highest BCUT2D eigenvalue weighted by Gasteiger charge is 2.21. The number of ether oxygens (including phenoxy) is 1. The number of nitrogens with one attached hydrogen (secondary N) is 1. The Morgan fingerprint density at radius 1 is 1.36 bits per heavy atom. The molecule has 1 rings (SSSR count). The Labute approximate surface area is 88.4 Å². The van der Waals surface area contributed by atoms with Crippen molar-refractivity contribution in [3.63, 3.8) is 0 Å². The van der Waals surface area contributed by atoms with Crippen molar-refractivity contribution in [2.45, 2.75) is 58.6 Å². The normalized spacial score (nSPS) is 28.3. The topological polar surface area (TPSA) is 21.3 Å². The van der Waals surface area contributed by atoms with Crippen LogP contribution in [0.4, 0.5) is 0 Å². The first-order chi connectivity index (χ1) is 6.72. The monoisotopic (exact) mass is 199 g/mol. The van der Waals surface area contributed by atoms with Gasteiger partial charge < -0.3 is 10.1 Å². The molecule has 0 radical (unpaired) electrons. The minimum absolute atomic E-state index is 0.384. The summed E-state index contributed by atoms with van der Waals surface area (Å²) in [6, 6.07) is 0.745. The third-order valence-electron chi connectivity index (χ3n) is 2.94. The molecule has 1 aliphatic rings. The summed E-state index contributed by atoms with van der Waals surface area (Å²) >= 11 is 0. The molecular formula is C12H25NO. The van der Waals surface area contributed by atoms with Gasteiger partial charge in [0.05, 0.1) is 6.10 Å². The van der Waals surface area contributed by atoms with E-state index in [-0.39, 0.29) is 0 Å². The Balaban J connectivity index is 2.18. The highest BCUT2D eigenvalue weighted by atomic mass is 16.5. The second kappa shape index (κ2) is 6.41. The summed E-state index contributed by atoms with van der Waals surface area (Å²) in [6.07, 6.45) is 5.76. The van der Waals surface area contributed by atoms with E-state index in [4.69, 9.17) is 4.74 Å². The molecule has 1 N–H and O–H groups in total. The van der Waals surface area contributed by atoms with E-state index < -0.39 is 0 Å². The Kier molecular flexibility index (Phi) is 5.49. The number of rotatable bonds is 5. The lowest BCUT2D eigenvalue weighted by Gasteiger charge is -2.29. The maximum Gasteiger partial charge on any atom is 0.0519 e. The molecule has 84 valence electrons. The predicted octanol–water partition coefficient (Wildman–Crippen LogP) is 2.58. The van der Waals surface area contributed by atoms with Crippen LogP contribution >= 0.6 is 0 Å². The maximum absolute atomic E-state index is 5.68. The zero-order valence-electron chi connectivity index (χ0n) is 9.88. The van der Waals surface area contributed by atoms with Crippen molar-refractivity contribution in [2.24, 2.45) is 5.92 Å². The third kappa shape index (κ3) is 4.43. The molecule has 14 heavy (non-hydrogen) atoms. The van der Waals surface area contributed by atoms with E-state index in [1.165, 1.54) is 25.7 Å². The van der Waals surface area contributed by atoms with E-state index in [1.807, 2.05) is 0 Å². The van der Waals surface area contributed by atoms with Crippen molar-refractivity contribution in [2.75, 3.05) is 13.2 Å². The highest BCUT2D eigenvalue weighted by molar-refractivity contribution is 4.77. The smallest absolute Gasteiger partial charge is 0.0519 e. The average molecular weight is 199 g/mol. The quantitative estimate of drug-likeness (QED) is 0.735. The molecule has 1 saturated carbocycles. The fourth-order valence-corrected chi connectivity index (χ4v) is 2.24. The van der Waals surface area contributed by atoms with Gasteiger partial charge in [0.15, 0.2) is 0 Å². The fourth-order valence-electron chi connectivity index (χ4n) is 2.24. The van der Waals surface area contributed by atoms with E-state index in [0.29, 0.717) is 6.10 Å². The lowest BCUT2D eigenvalue weighted by atomic mass is 9.86. The van der Waals surface area contributed by atoms with Gasteiger partial charge in [-0.3, -0.25) is 0 Å². The van der Waals surface area contributed by atoms with Crippen LogP contribution in [0.3, 0.4) is 0 Å². The summed E-state index contributed by atoms with van der Waals surface area (Å²) in [5.41, 5.74) is 0. The van der Waals surface area contributed by atoms with E-state index in [1.54, 1.807) is 0 Å². The van der Waals surface area contributed by atoms with Crippen LogP contribution in [-0.4, -0.2) is 25.3 Å². The van der Waals surface area contributed by atoms with E-state index in [9.17, 15) is 0 Å². The molecule has 0 saturated heterocycles. The van der Waals surface area contributed by atoms with Gasteiger partial charge in [0.25, 0.3) is 0 Å². The second-order valence-corrected chi connectivity index (χ2v) is 4.67. The molecule has 2 nitrogen and oxygen atoms in total. The second-order valence-electron chi connectivity index (χ2n) is 4.67. The van der Waals surface area contributed by atoms with E-state index >= 15 is 0 Å². The fraction of sp³-hybridized carbons (Fsp3) is 1.00. The van der Waals surface area contributed by atoms with Crippen molar-refractivity contribution in [3.05, 3.63) is 0 Å². The van der Waals surface area contributed by atoms with Gasteiger partial charge in [-0.15, -0.1) is 0 Å². The first-order valence-electron chi connectivity index (χ1n) is 6.07. The minimum atomic E-state index is 0.384. The minimum Gasteiger partial charge on any atom is -0.379 e. The molecule has 0 aromatic carbocycles. The molecule has 0 bridgehead atoms. The standard InChI is InChI=1S/C12H25NO/c1-4-13-12-7-5-6-11(8-12)9-14-10(2)3/h10-13H,4-9H2,1-3H3. The van der Waals surface area contributed by atoms with Crippen LogP contribution < -0.4 is 5.32 Å². The molecule has 1 aliphatic carbocycles. The molecular weight excluding hydrogens is 174 g/mol. The summed E-state index contributed by atoms with van der Waals surface area (Å²) in [7, 11) is 0. The maximum atomic E-state index is 5.68. The SMILES string of the molecule is CCNC1CCCC(COC(C)C)C1. The van der Waals surface area contributed by atoms with Crippen LogP contribution in [0.25, 0.3) is 0 Å². The molecule has 0 aliphatic heterocycles. The zero-order valence-corrected chi connectivity index (χ0v) is 9.88. The van der Waals surface area contributed by atoms with Crippen molar-refractivity contribution in [1.29, 1.82) is 0 Å². The van der Waals surface area contributed by atoms with Crippen molar-refractivity contribution in [3.8, 4) is 0 Å². The Bertz CT molecular complexity index is 145. The van der Waals surface area contributed by atoms with Gasteiger partial charge in [-0.2, -0.15) is 0 Å². The molecule has 0 heterocycles. The van der Waals surface area contributed by atoms with Crippen LogP contribution in [0.1, 0.15) is 46.5 Å². The predicted molar refractivity (Wildman–Crippen MR) is 60.5 cm³/mol. The molecule has 1 fully saturated rings. The van der Waals surface area contributed by atoms with Crippen molar-refractivity contribution in [1.82, 2.24) is 5.32 Å². The van der Waals surface area contributed by atoms with Crippen LogP contribution in [0.15, 0.2) is 0 Å². The summed E-state index contributed by atoms with van der Waals surface area (Å²) in [4.78, 5) is 0. The summed E-state index contributed by atoms with van der Waals surface area (Å²) in [5, 5.41) is 3.55. The first kappa shape index (κ1) is 12.0. The van der Waals surface area contributed by atoms with Gasteiger partial charge in [-0.05, 0) is 45.6 Å². The van der Waals surface area contributed by atoms with Gasteiger partial charge in [0.2, 0.25) is 0 Å². The lowest BCUT2D eigenvalue weighted by molar-refractivity contribution is 0.0373. The van der Waals surface area contributed by atoms with Crippen LogP contribution in [0.5, 0.6) is 0 Å². The van der Waals surface area contributed by atoms with Crippen LogP contribution in [0.2, 0.25) is 0 Å². The molecule has 0 amide bonds. The van der Waals surface area contributed by atoms with Crippen molar-refractivity contribution < 1.29 is 4.74 Å². The van der Waals surface area contributed by atoms with Gasteiger partial charge >= 0.3 is 0 Å². The molecule has 2 atom stereocenters. The summed E-state index contributed by atoms with van der Waals surface area (Å²) in [6.45, 7) is 8.48. The number of hydrogen-bond donors (Lipinski definition) is 1. The van der Waals surface area contributed by atoms with Gasteiger partial charge in [0, 0.05) is 12.6 Å². The van der Waals surface area contributed by atoms with E-state index in [0.717, 1.165) is 25.1 Å². The van der Waals surface area contributed by atoms with Crippen molar-refractivity contribution >= 4 is 0 Å². The van der Waals surface area contributed by atoms with Gasteiger partial charge in [-0.1, -0.05) is 13.3 Å². The summed E-state index contributed by atoms with van der Waals surface area (Å²) in [5.74, 6) is 0.787. The highest BCUT2D eigenvalue weighted by Crippen LogP contribution is 2.24. The Morgan fingerprint density at radius 3 is 2.79 bits per heavy atom. The lowest BCUT2D eigenvalue weighted by Crippen LogP contribution is -2.35. The Morgan fingerprint density at radius 2 is 2.14 bits per heavy atom. The molecule has 2 unspecified atom stereocenters. The summed E-state index contributed by atoms with van der Waals surface area (Å²) < 4.78 is 5.68. The molecule has 0 spiro atoms. The first-order valence-corrected chi connectivity index (χ1v) is 6.07. The molecule has 0 aromatic heterocycles. The van der Waals surface area contributed by atoms with Gasteiger partial charge in [0.1, 0.15) is 0 Å². The van der Waals surface area contributed by atoms with E-state index in [2.05, 4.69) is 26.1 Å². The molecule has 2 heteroatoms. The third-order valence-corrected chi connectivity index (χ3v) is 2.94. The average Bonchev–Trinajstić information content (AvgIpc) is 2.16. The number of hydrogen-bond acceptors (Lipinski definition) is 2. The zero-order chi connectivity index (χ0) is 10.4. The van der Waals surface area contributed by atoms with Gasteiger partial charge in [-0.25, -0.2) is 0 Å². The largest absolute Gasteiger partial charge is 0.379 e. The van der Waals surface area contributed by atoms with Crippen LogP contribution in [0, 0.1) is 5.92 Å².